The number of fused-ring (bicyclic) bond motifs is 1. The zero-order chi connectivity index (χ0) is 12.4. The first kappa shape index (κ1) is 11.7. The van der Waals surface area contributed by atoms with Crippen LogP contribution in [0.5, 0.6) is 11.5 Å². The predicted octanol–water partition coefficient (Wildman–Crippen LogP) is 1.53. The van der Waals surface area contributed by atoms with E-state index in [0.717, 1.165) is 5.56 Å². The Morgan fingerprint density at radius 2 is 2.18 bits per heavy atom. The van der Waals surface area contributed by atoms with Gasteiger partial charge < -0.3 is 20.3 Å². The summed E-state index contributed by atoms with van der Waals surface area (Å²) in [6, 6.07) is 5.13. The minimum absolute atomic E-state index is 0.222. The SMILES string of the molecule is CC(CC(N)c1ccc2c(c1)OCO2)C(=O)O. The molecule has 1 aliphatic heterocycles. The average molecular weight is 237 g/mol. The summed E-state index contributed by atoms with van der Waals surface area (Å²) >= 11 is 0. The average Bonchev–Trinajstić information content (AvgIpc) is 2.75. The molecule has 92 valence electrons. The van der Waals surface area contributed by atoms with Gasteiger partial charge in [-0.05, 0) is 24.1 Å². The minimum Gasteiger partial charge on any atom is -0.481 e. The molecule has 0 radical (unpaired) electrons. The van der Waals surface area contributed by atoms with Crippen LogP contribution >= 0.6 is 0 Å². The summed E-state index contributed by atoms with van der Waals surface area (Å²) < 4.78 is 10.4. The molecular formula is C12H15NO4. The number of hydrogen-bond acceptors (Lipinski definition) is 4. The highest BCUT2D eigenvalue weighted by molar-refractivity contribution is 5.69. The minimum atomic E-state index is -0.832. The van der Waals surface area contributed by atoms with E-state index in [2.05, 4.69) is 0 Å². The van der Waals surface area contributed by atoms with Gasteiger partial charge in [0.05, 0.1) is 5.92 Å². The highest BCUT2D eigenvalue weighted by Gasteiger charge is 2.19. The number of hydrogen-bond donors (Lipinski definition) is 2. The third-order valence-electron chi connectivity index (χ3n) is 2.85. The van der Waals surface area contributed by atoms with E-state index in [-0.39, 0.29) is 12.8 Å². The summed E-state index contributed by atoms with van der Waals surface area (Å²) in [4.78, 5) is 10.8. The van der Waals surface area contributed by atoms with Crippen molar-refractivity contribution in [2.75, 3.05) is 6.79 Å². The zero-order valence-electron chi connectivity index (χ0n) is 9.55. The number of aliphatic carboxylic acids is 1. The van der Waals surface area contributed by atoms with Crippen molar-refractivity contribution >= 4 is 5.97 Å². The summed E-state index contributed by atoms with van der Waals surface area (Å²) in [5.41, 5.74) is 6.83. The summed E-state index contributed by atoms with van der Waals surface area (Å²) in [5, 5.41) is 8.83. The van der Waals surface area contributed by atoms with Crippen molar-refractivity contribution in [2.24, 2.45) is 11.7 Å². The van der Waals surface area contributed by atoms with Crippen LogP contribution in [0.4, 0.5) is 0 Å². The van der Waals surface area contributed by atoms with Crippen LogP contribution in [0.3, 0.4) is 0 Å². The molecule has 0 aliphatic carbocycles. The van der Waals surface area contributed by atoms with Crippen LogP contribution in [0.2, 0.25) is 0 Å². The summed E-state index contributed by atoms with van der Waals surface area (Å²) in [6.45, 7) is 1.87. The maximum absolute atomic E-state index is 10.8. The molecule has 0 bridgehead atoms. The molecule has 0 spiro atoms. The molecule has 0 amide bonds. The lowest BCUT2D eigenvalue weighted by Crippen LogP contribution is -2.19. The van der Waals surface area contributed by atoms with Gasteiger partial charge in [-0.1, -0.05) is 13.0 Å². The van der Waals surface area contributed by atoms with Crippen LogP contribution < -0.4 is 15.2 Å². The van der Waals surface area contributed by atoms with Crippen molar-refractivity contribution < 1.29 is 19.4 Å². The largest absolute Gasteiger partial charge is 0.481 e. The Labute approximate surface area is 99.1 Å². The Morgan fingerprint density at radius 3 is 2.88 bits per heavy atom. The number of nitrogens with two attached hydrogens (primary N) is 1. The molecule has 0 fully saturated rings. The van der Waals surface area contributed by atoms with Gasteiger partial charge >= 0.3 is 5.97 Å². The zero-order valence-corrected chi connectivity index (χ0v) is 9.55. The Morgan fingerprint density at radius 1 is 1.47 bits per heavy atom. The van der Waals surface area contributed by atoms with Crippen LogP contribution in [0.25, 0.3) is 0 Å². The number of carbonyl (C=O) groups is 1. The molecule has 3 N–H and O–H groups in total. The predicted molar refractivity (Wildman–Crippen MR) is 60.9 cm³/mol. The van der Waals surface area contributed by atoms with Gasteiger partial charge in [-0.15, -0.1) is 0 Å². The normalized spacial score (nSPS) is 16.6. The van der Waals surface area contributed by atoms with Crippen LogP contribution in [-0.4, -0.2) is 17.9 Å². The number of ether oxygens (including phenoxy) is 2. The van der Waals surface area contributed by atoms with Gasteiger partial charge in [0.1, 0.15) is 0 Å². The van der Waals surface area contributed by atoms with E-state index >= 15 is 0 Å². The van der Waals surface area contributed by atoms with Gasteiger partial charge in [-0.25, -0.2) is 0 Å². The second kappa shape index (κ2) is 4.63. The lowest BCUT2D eigenvalue weighted by molar-refractivity contribution is -0.141. The molecule has 1 heterocycles. The summed E-state index contributed by atoms with van der Waals surface area (Å²) in [6.07, 6.45) is 0.398. The van der Waals surface area contributed by atoms with Crippen LogP contribution in [-0.2, 0) is 4.79 Å². The first-order chi connectivity index (χ1) is 8.08. The first-order valence-corrected chi connectivity index (χ1v) is 5.46. The van der Waals surface area contributed by atoms with Gasteiger partial charge in [0.25, 0.3) is 0 Å². The third-order valence-corrected chi connectivity index (χ3v) is 2.85. The molecule has 5 nitrogen and oxygen atoms in total. The fourth-order valence-electron chi connectivity index (χ4n) is 1.76. The van der Waals surface area contributed by atoms with Crippen LogP contribution in [0, 0.1) is 5.92 Å². The van der Waals surface area contributed by atoms with Crippen molar-refractivity contribution in [1.82, 2.24) is 0 Å². The van der Waals surface area contributed by atoms with Crippen molar-refractivity contribution in [3.8, 4) is 11.5 Å². The van der Waals surface area contributed by atoms with Gasteiger partial charge in [-0.2, -0.15) is 0 Å². The maximum Gasteiger partial charge on any atom is 0.306 e. The molecule has 0 saturated heterocycles. The second-order valence-corrected chi connectivity index (χ2v) is 4.19. The van der Waals surface area contributed by atoms with E-state index in [1.165, 1.54) is 0 Å². The number of rotatable bonds is 4. The number of carboxylic acids is 1. The van der Waals surface area contributed by atoms with Crippen molar-refractivity contribution in [2.45, 2.75) is 19.4 Å². The van der Waals surface area contributed by atoms with Gasteiger partial charge in [0.2, 0.25) is 6.79 Å². The molecule has 17 heavy (non-hydrogen) atoms. The van der Waals surface area contributed by atoms with Crippen molar-refractivity contribution in [3.05, 3.63) is 23.8 Å². The molecule has 0 saturated carbocycles. The second-order valence-electron chi connectivity index (χ2n) is 4.19. The molecule has 5 heteroatoms. The lowest BCUT2D eigenvalue weighted by atomic mass is 9.96. The Bertz CT molecular complexity index is 433. The van der Waals surface area contributed by atoms with Gasteiger partial charge in [-0.3, -0.25) is 4.79 Å². The molecular weight excluding hydrogens is 222 g/mol. The molecule has 2 atom stereocenters. The summed E-state index contributed by atoms with van der Waals surface area (Å²) in [7, 11) is 0. The molecule has 1 aliphatic rings. The molecule has 2 rings (SSSR count). The van der Waals surface area contributed by atoms with E-state index in [1.54, 1.807) is 13.0 Å². The van der Waals surface area contributed by atoms with Gasteiger partial charge in [0, 0.05) is 6.04 Å². The van der Waals surface area contributed by atoms with Crippen molar-refractivity contribution in [1.29, 1.82) is 0 Å². The Balaban J connectivity index is 2.09. The summed E-state index contributed by atoms with van der Waals surface area (Å²) in [5.74, 6) is 0.0739. The third kappa shape index (κ3) is 2.50. The Hall–Kier alpha value is -1.75. The van der Waals surface area contributed by atoms with Crippen LogP contribution in [0.15, 0.2) is 18.2 Å². The topological polar surface area (TPSA) is 81.8 Å². The fraction of sp³-hybridized carbons (Fsp3) is 0.417. The van der Waals surface area contributed by atoms with Gasteiger partial charge in [0.15, 0.2) is 11.5 Å². The standard InChI is InChI=1S/C12H15NO4/c1-7(12(14)15)4-9(13)8-2-3-10-11(5-8)17-6-16-10/h2-3,5,7,9H,4,6,13H2,1H3,(H,14,15). The van der Waals surface area contributed by atoms with E-state index in [4.69, 9.17) is 20.3 Å². The molecule has 0 aromatic heterocycles. The quantitative estimate of drug-likeness (QED) is 0.829. The lowest BCUT2D eigenvalue weighted by Gasteiger charge is -2.15. The highest BCUT2D eigenvalue weighted by Crippen LogP contribution is 2.34. The molecule has 1 aromatic rings. The fourth-order valence-corrected chi connectivity index (χ4v) is 1.76. The van der Waals surface area contributed by atoms with E-state index in [1.807, 2.05) is 12.1 Å². The van der Waals surface area contributed by atoms with Crippen molar-refractivity contribution in [3.63, 3.8) is 0 Å². The first-order valence-electron chi connectivity index (χ1n) is 5.46. The smallest absolute Gasteiger partial charge is 0.306 e. The molecule has 2 unspecified atom stereocenters. The molecule has 1 aromatic carbocycles. The monoisotopic (exact) mass is 237 g/mol. The van der Waals surface area contributed by atoms with E-state index < -0.39 is 11.9 Å². The number of carboxylic acid groups (broad SMARTS) is 1. The highest BCUT2D eigenvalue weighted by atomic mass is 16.7. The number of benzene rings is 1. The van der Waals surface area contributed by atoms with E-state index in [0.29, 0.717) is 17.9 Å². The maximum atomic E-state index is 10.8. The Kier molecular flexibility index (Phi) is 3.19. The van der Waals surface area contributed by atoms with E-state index in [9.17, 15) is 4.79 Å². The van der Waals surface area contributed by atoms with Crippen LogP contribution in [0.1, 0.15) is 24.9 Å².